The molecule has 0 amide bonds. The van der Waals surface area contributed by atoms with Crippen molar-refractivity contribution in [3.8, 4) is 0 Å². The molecule has 0 aliphatic rings. The molecule has 1 aromatic heterocycles. The van der Waals surface area contributed by atoms with Crippen LogP contribution in [0.4, 0.5) is 11.4 Å². The largest absolute Gasteiger partial charge is 0.385 e. The molecule has 18 heavy (non-hydrogen) atoms. The van der Waals surface area contributed by atoms with Gasteiger partial charge in [0.2, 0.25) is 0 Å². The Hall–Kier alpha value is -2.02. The van der Waals surface area contributed by atoms with E-state index in [4.69, 9.17) is 0 Å². The number of nitrogens with one attached hydrogen (secondary N) is 2. The SMILES string of the molecule is CCNc1ccc(S(=O)(=O)Nc2cnoc2)cc1. The minimum atomic E-state index is -3.59. The average molecular weight is 267 g/mol. The fraction of sp³-hybridized carbons (Fsp3) is 0.182. The van der Waals surface area contributed by atoms with Gasteiger partial charge in [-0.25, -0.2) is 8.42 Å². The van der Waals surface area contributed by atoms with Crippen LogP contribution < -0.4 is 10.0 Å². The molecule has 0 spiro atoms. The Labute approximate surface area is 105 Å². The first-order valence-corrected chi connectivity index (χ1v) is 6.86. The van der Waals surface area contributed by atoms with E-state index in [0.717, 1.165) is 12.2 Å². The molecule has 0 radical (unpaired) electrons. The van der Waals surface area contributed by atoms with Gasteiger partial charge in [-0.1, -0.05) is 5.16 Å². The van der Waals surface area contributed by atoms with Crippen molar-refractivity contribution in [2.24, 2.45) is 0 Å². The van der Waals surface area contributed by atoms with Crippen LogP contribution in [0.25, 0.3) is 0 Å². The Balaban J connectivity index is 2.19. The maximum atomic E-state index is 12.0. The molecule has 0 atom stereocenters. The van der Waals surface area contributed by atoms with Crippen LogP contribution in [-0.4, -0.2) is 20.1 Å². The van der Waals surface area contributed by atoms with Gasteiger partial charge in [-0.2, -0.15) is 0 Å². The predicted octanol–water partition coefficient (Wildman–Crippen LogP) is 1.91. The number of hydrogen-bond donors (Lipinski definition) is 2. The van der Waals surface area contributed by atoms with Crippen molar-refractivity contribution in [2.45, 2.75) is 11.8 Å². The lowest BCUT2D eigenvalue weighted by Gasteiger charge is -2.07. The van der Waals surface area contributed by atoms with Crippen molar-refractivity contribution in [1.29, 1.82) is 0 Å². The number of hydrogen-bond acceptors (Lipinski definition) is 5. The predicted molar refractivity (Wildman–Crippen MR) is 67.9 cm³/mol. The number of aromatic nitrogens is 1. The lowest BCUT2D eigenvalue weighted by molar-refractivity contribution is 0.420. The molecule has 0 fully saturated rings. The Bertz CT molecular complexity index is 591. The standard InChI is InChI=1S/C11H13N3O3S/c1-2-12-9-3-5-11(6-4-9)18(15,16)14-10-7-13-17-8-10/h3-8,12,14H,2H2,1H3. The molecule has 2 rings (SSSR count). The minimum absolute atomic E-state index is 0.186. The third kappa shape index (κ3) is 2.80. The van der Waals surface area contributed by atoms with Crippen molar-refractivity contribution in [3.63, 3.8) is 0 Å². The van der Waals surface area contributed by atoms with Crippen LogP contribution in [0.15, 0.2) is 46.1 Å². The molecule has 0 aliphatic heterocycles. The molecule has 0 saturated heterocycles. The highest BCUT2D eigenvalue weighted by molar-refractivity contribution is 7.92. The summed E-state index contributed by atoms with van der Waals surface area (Å²) in [5.74, 6) is 0. The summed E-state index contributed by atoms with van der Waals surface area (Å²) in [6.07, 6.45) is 2.52. The van der Waals surface area contributed by atoms with Crippen molar-refractivity contribution in [1.82, 2.24) is 5.16 Å². The molecule has 2 N–H and O–H groups in total. The van der Waals surface area contributed by atoms with Crippen LogP contribution in [0.2, 0.25) is 0 Å². The van der Waals surface area contributed by atoms with Gasteiger partial charge in [0.05, 0.1) is 11.1 Å². The molecule has 7 heteroatoms. The quantitative estimate of drug-likeness (QED) is 0.864. The van der Waals surface area contributed by atoms with E-state index >= 15 is 0 Å². The van der Waals surface area contributed by atoms with Gasteiger partial charge in [-0.15, -0.1) is 0 Å². The normalized spacial score (nSPS) is 11.2. The van der Waals surface area contributed by atoms with Gasteiger partial charge in [0.25, 0.3) is 10.0 Å². The van der Waals surface area contributed by atoms with Crippen molar-refractivity contribution in [3.05, 3.63) is 36.7 Å². The Morgan fingerprint density at radius 2 is 1.94 bits per heavy atom. The van der Waals surface area contributed by atoms with Crippen molar-refractivity contribution >= 4 is 21.4 Å². The highest BCUT2D eigenvalue weighted by atomic mass is 32.2. The van der Waals surface area contributed by atoms with Crippen molar-refractivity contribution in [2.75, 3.05) is 16.6 Å². The van der Waals surface area contributed by atoms with Crippen LogP contribution in [0.1, 0.15) is 6.92 Å². The van der Waals surface area contributed by atoms with Gasteiger partial charge in [0.1, 0.15) is 12.0 Å². The van der Waals surface area contributed by atoms with Crippen LogP contribution in [0.3, 0.4) is 0 Å². The van der Waals surface area contributed by atoms with Gasteiger partial charge in [0, 0.05) is 12.2 Å². The second kappa shape index (κ2) is 5.09. The summed E-state index contributed by atoms with van der Waals surface area (Å²) in [6.45, 7) is 2.75. The summed E-state index contributed by atoms with van der Waals surface area (Å²) in [7, 11) is -3.59. The van der Waals surface area contributed by atoms with Gasteiger partial charge >= 0.3 is 0 Å². The summed E-state index contributed by atoms with van der Waals surface area (Å²) in [5.41, 5.74) is 1.17. The number of anilines is 2. The van der Waals surface area contributed by atoms with Gasteiger partial charge in [-0.05, 0) is 31.2 Å². The fourth-order valence-electron chi connectivity index (χ4n) is 1.43. The summed E-state index contributed by atoms with van der Waals surface area (Å²) in [6, 6.07) is 6.50. The van der Waals surface area contributed by atoms with Crippen LogP contribution >= 0.6 is 0 Å². The lowest BCUT2D eigenvalue weighted by Crippen LogP contribution is -2.12. The Morgan fingerprint density at radius 1 is 1.22 bits per heavy atom. The highest BCUT2D eigenvalue weighted by Gasteiger charge is 2.14. The average Bonchev–Trinajstić information content (AvgIpc) is 2.82. The summed E-state index contributed by atoms with van der Waals surface area (Å²) in [4.78, 5) is 0.186. The lowest BCUT2D eigenvalue weighted by atomic mass is 10.3. The molecule has 0 aliphatic carbocycles. The second-order valence-corrected chi connectivity index (χ2v) is 5.26. The maximum absolute atomic E-state index is 12.0. The molecule has 1 aromatic carbocycles. The van der Waals surface area contributed by atoms with E-state index < -0.39 is 10.0 Å². The third-order valence-corrected chi connectivity index (χ3v) is 3.63. The zero-order valence-corrected chi connectivity index (χ0v) is 10.6. The number of sulfonamides is 1. The molecule has 0 bridgehead atoms. The Morgan fingerprint density at radius 3 is 2.50 bits per heavy atom. The first-order valence-electron chi connectivity index (χ1n) is 5.38. The van der Waals surface area contributed by atoms with Crippen LogP contribution in [0, 0.1) is 0 Å². The summed E-state index contributed by atoms with van der Waals surface area (Å²) < 4.78 is 30.9. The number of rotatable bonds is 5. The molecule has 6 nitrogen and oxygen atoms in total. The first kappa shape index (κ1) is 12.4. The number of nitrogens with zero attached hydrogens (tertiary/aromatic N) is 1. The van der Waals surface area contributed by atoms with Crippen LogP contribution in [0.5, 0.6) is 0 Å². The molecular weight excluding hydrogens is 254 g/mol. The molecule has 96 valence electrons. The van der Waals surface area contributed by atoms with E-state index in [2.05, 4.69) is 19.7 Å². The van der Waals surface area contributed by atoms with Gasteiger partial charge in [-0.3, -0.25) is 4.72 Å². The van der Waals surface area contributed by atoms with E-state index in [1.54, 1.807) is 12.1 Å². The smallest absolute Gasteiger partial charge is 0.262 e. The third-order valence-electron chi connectivity index (χ3n) is 2.23. The zero-order chi connectivity index (χ0) is 13.0. The van der Waals surface area contributed by atoms with Crippen LogP contribution in [-0.2, 0) is 10.0 Å². The van der Waals surface area contributed by atoms with Crippen molar-refractivity contribution < 1.29 is 12.9 Å². The minimum Gasteiger partial charge on any atom is -0.385 e. The maximum Gasteiger partial charge on any atom is 0.262 e. The van der Waals surface area contributed by atoms with E-state index in [9.17, 15) is 8.42 Å². The summed E-state index contributed by atoms with van der Waals surface area (Å²) in [5, 5.41) is 6.52. The number of benzene rings is 1. The van der Waals surface area contributed by atoms with Gasteiger partial charge in [0.15, 0.2) is 0 Å². The molecule has 0 unspecified atom stereocenters. The van der Waals surface area contributed by atoms with E-state index in [1.807, 2.05) is 6.92 Å². The first-order chi connectivity index (χ1) is 8.62. The molecule has 2 aromatic rings. The van der Waals surface area contributed by atoms with E-state index in [-0.39, 0.29) is 4.90 Å². The van der Waals surface area contributed by atoms with Gasteiger partial charge < -0.3 is 9.84 Å². The molecule has 1 heterocycles. The monoisotopic (exact) mass is 267 g/mol. The highest BCUT2D eigenvalue weighted by Crippen LogP contribution is 2.17. The molecular formula is C11H13N3O3S. The van der Waals surface area contributed by atoms with E-state index in [1.165, 1.54) is 24.6 Å². The second-order valence-electron chi connectivity index (χ2n) is 3.57. The topological polar surface area (TPSA) is 84.2 Å². The fourth-order valence-corrected chi connectivity index (χ4v) is 2.45. The zero-order valence-electron chi connectivity index (χ0n) is 9.75. The molecule has 0 saturated carbocycles. The van der Waals surface area contributed by atoms with E-state index in [0.29, 0.717) is 5.69 Å². The Kier molecular flexibility index (Phi) is 3.52. The summed E-state index contributed by atoms with van der Waals surface area (Å²) >= 11 is 0.